The van der Waals surface area contributed by atoms with Gasteiger partial charge in [-0.05, 0) is 60.3 Å². The summed E-state index contributed by atoms with van der Waals surface area (Å²) in [5.41, 5.74) is 0.550. The van der Waals surface area contributed by atoms with E-state index in [9.17, 15) is 14.4 Å². The quantitative estimate of drug-likeness (QED) is 0.378. The van der Waals surface area contributed by atoms with Crippen molar-refractivity contribution in [1.29, 1.82) is 0 Å². The van der Waals surface area contributed by atoms with Crippen LogP contribution in [0.2, 0.25) is 15.1 Å². The van der Waals surface area contributed by atoms with Crippen LogP contribution < -0.4 is 15.0 Å². The predicted molar refractivity (Wildman–Crippen MR) is 117 cm³/mol. The zero-order valence-corrected chi connectivity index (χ0v) is 17.9. The Bertz CT molecular complexity index is 1080. The number of thiocarbonyl (C=S) groups is 1. The molecule has 0 spiro atoms. The summed E-state index contributed by atoms with van der Waals surface area (Å²) in [5, 5.41) is 11.6. The number of nitrogens with one attached hydrogen (secondary N) is 1. The smallest absolute Gasteiger partial charge is 0.341 e. The maximum absolute atomic E-state index is 13.0. The summed E-state index contributed by atoms with van der Waals surface area (Å²) in [4.78, 5) is 37.2. The number of hydrogen-bond acceptors (Lipinski definition) is 5. The van der Waals surface area contributed by atoms with Crippen molar-refractivity contribution >= 4 is 81.7 Å². The van der Waals surface area contributed by atoms with Gasteiger partial charge in [-0.25, -0.2) is 4.79 Å². The largest absolute Gasteiger partial charge is 0.479 e. The van der Waals surface area contributed by atoms with Crippen LogP contribution in [0.5, 0.6) is 5.75 Å². The van der Waals surface area contributed by atoms with Gasteiger partial charge in [0, 0.05) is 5.02 Å². The van der Waals surface area contributed by atoms with Crippen molar-refractivity contribution in [2.24, 2.45) is 0 Å². The van der Waals surface area contributed by atoms with Crippen molar-refractivity contribution in [3.63, 3.8) is 0 Å². The molecule has 0 atom stereocenters. The van der Waals surface area contributed by atoms with Gasteiger partial charge in [0.25, 0.3) is 11.8 Å². The third kappa shape index (κ3) is 4.73. The minimum atomic E-state index is -1.20. The molecule has 0 aromatic heterocycles. The van der Waals surface area contributed by atoms with Crippen molar-refractivity contribution in [3.05, 3.63) is 62.6 Å². The molecule has 154 valence electrons. The van der Waals surface area contributed by atoms with Crippen molar-refractivity contribution in [2.75, 3.05) is 11.5 Å². The highest BCUT2D eigenvalue weighted by Gasteiger charge is 2.34. The van der Waals surface area contributed by atoms with E-state index in [0.29, 0.717) is 16.3 Å². The summed E-state index contributed by atoms with van der Waals surface area (Å²) in [5.74, 6) is -2.56. The number of rotatable bonds is 5. The first-order valence-corrected chi connectivity index (χ1v) is 9.72. The van der Waals surface area contributed by atoms with Crippen LogP contribution in [0.25, 0.3) is 6.08 Å². The second kappa shape index (κ2) is 9.01. The molecule has 2 N–H and O–H groups in total. The van der Waals surface area contributed by atoms with Crippen LogP contribution in [-0.2, 0) is 14.4 Å². The highest BCUT2D eigenvalue weighted by atomic mass is 35.5. The van der Waals surface area contributed by atoms with Crippen molar-refractivity contribution in [1.82, 2.24) is 5.32 Å². The molecule has 7 nitrogen and oxygen atoms in total. The number of carbonyl (C=O) groups is 3. The average molecular weight is 486 g/mol. The summed E-state index contributed by atoms with van der Waals surface area (Å²) in [6.07, 6.45) is 1.29. The van der Waals surface area contributed by atoms with Gasteiger partial charge in [-0.15, -0.1) is 0 Å². The van der Waals surface area contributed by atoms with Crippen LogP contribution >= 0.6 is 47.0 Å². The SMILES string of the molecule is O=C(O)COc1c(Cl)cc(C=C2C(=O)NC(=S)N(c3ccc(Cl)cc3)C2=O)cc1Cl. The van der Waals surface area contributed by atoms with Crippen LogP contribution in [0.1, 0.15) is 5.56 Å². The van der Waals surface area contributed by atoms with Gasteiger partial charge in [0.1, 0.15) is 5.57 Å². The number of carbonyl (C=O) groups excluding carboxylic acids is 2. The highest BCUT2D eigenvalue weighted by Crippen LogP contribution is 2.35. The number of carboxylic acids is 1. The Hall–Kier alpha value is -2.65. The first-order valence-electron chi connectivity index (χ1n) is 8.18. The number of ether oxygens (including phenoxy) is 1. The molecule has 30 heavy (non-hydrogen) atoms. The Kier molecular flexibility index (Phi) is 6.62. The lowest BCUT2D eigenvalue weighted by atomic mass is 10.1. The van der Waals surface area contributed by atoms with Gasteiger partial charge in [0.05, 0.1) is 15.7 Å². The molecular formula is C19H11Cl3N2O5S. The number of benzene rings is 2. The molecule has 1 aliphatic heterocycles. The fraction of sp³-hybridized carbons (Fsp3) is 0.0526. The van der Waals surface area contributed by atoms with Gasteiger partial charge in [-0.3, -0.25) is 19.8 Å². The van der Waals surface area contributed by atoms with E-state index in [1.807, 2.05) is 0 Å². The molecule has 2 aromatic carbocycles. The molecule has 2 amide bonds. The van der Waals surface area contributed by atoms with Gasteiger partial charge >= 0.3 is 5.97 Å². The third-order valence-corrected chi connectivity index (χ3v) is 4.96. The van der Waals surface area contributed by atoms with E-state index in [1.165, 1.54) is 18.2 Å². The lowest BCUT2D eigenvalue weighted by Gasteiger charge is -2.29. The Labute approximate surface area is 190 Å². The first kappa shape index (κ1) is 22.0. The molecule has 1 aliphatic rings. The molecule has 0 bridgehead atoms. The van der Waals surface area contributed by atoms with Gasteiger partial charge in [0.2, 0.25) is 0 Å². The third-order valence-electron chi connectivity index (χ3n) is 3.86. The average Bonchev–Trinajstić information content (AvgIpc) is 2.65. The fourth-order valence-electron chi connectivity index (χ4n) is 2.58. The van der Waals surface area contributed by atoms with Crippen molar-refractivity contribution in [2.45, 2.75) is 0 Å². The molecule has 1 saturated heterocycles. The molecule has 0 unspecified atom stereocenters. The number of aliphatic carboxylic acids is 1. The van der Waals surface area contributed by atoms with E-state index < -0.39 is 24.4 Å². The maximum atomic E-state index is 13.0. The molecule has 3 rings (SSSR count). The Morgan fingerprint density at radius 1 is 1.13 bits per heavy atom. The molecule has 0 saturated carbocycles. The predicted octanol–water partition coefficient (Wildman–Crippen LogP) is 3.94. The topological polar surface area (TPSA) is 95.9 Å². The van der Waals surface area contributed by atoms with Gasteiger partial charge < -0.3 is 9.84 Å². The lowest BCUT2D eigenvalue weighted by molar-refractivity contribution is -0.139. The van der Waals surface area contributed by atoms with E-state index in [2.05, 4.69) is 5.32 Å². The zero-order valence-electron chi connectivity index (χ0n) is 14.8. The zero-order chi connectivity index (χ0) is 22.0. The fourth-order valence-corrected chi connectivity index (χ4v) is 3.60. The van der Waals surface area contributed by atoms with Crippen molar-refractivity contribution < 1.29 is 24.2 Å². The monoisotopic (exact) mass is 484 g/mol. The molecule has 1 fully saturated rings. The van der Waals surface area contributed by atoms with Crippen LogP contribution in [0.3, 0.4) is 0 Å². The lowest BCUT2D eigenvalue weighted by Crippen LogP contribution is -2.54. The Morgan fingerprint density at radius 3 is 2.30 bits per heavy atom. The maximum Gasteiger partial charge on any atom is 0.341 e. The van der Waals surface area contributed by atoms with Crippen LogP contribution in [-0.4, -0.2) is 34.6 Å². The number of hydrogen-bond donors (Lipinski definition) is 2. The van der Waals surface area contributed by atoms with E-state index in [-0.39, 0.29) is 26.5 Å². The summed E-state index contributed by atoms with van der Waals surface area (Å²) < 4.78 is 5.05. The van der Waals surface area contributed by atoms with Crippen LogP contribution in [0.15, 0.2) is 42.0 Å². The molecule has 1 heterocycles. The molecule has 2 aromatic rings. The Morgan fingerprint density at radius 2 is 1.73 bits per heavy atom. The van der Waals surface area contributed by atoms with E-state index in [1.54, 1.807) is 24.3 Å². The van der Waals surface area contributed by atoms with E-state index >= 15 is 0 Å². The molecule has 0 aliphatic carbocycles. The normalized spacial score (nSPS) is 15.4. The first-order chi connectivity index (χ1) is 14.2. The number of nitrogens with zero attached hydrogens (tertiary/aromatic N) is 1. The summed E-state index contributed by atoms with van der Waals surface area (Å²) >= 11 is 23.2. The summed E-state index contributed by atoms with van der Waals surface area (Å²) in [6.45, 7) is -0.631. The number of halogens is 3. The van der Waals surface area contributed by atoms with Crippen molar-refractivity contribution in [3.8, 4) is 5.75 Å². The second-order valence-corrected chi connectivity index (χ2v) is 7.57. The van der Waals surface area contributed by atoms with Gasteiger partial charge in [-0.1, -0.05) is 34.8 Å². The molecular weight excluding hydrogens is 475 g/mol. The van der Waals surface area contributed by atoms with Crippen LogP contribution in [0, 0.1) is 0 Å². The van der Waals surface area contributed by atoms with E-state index in [4.69, 9.17) is 56.9 Å². The summed E-state index contributed by atoms with van der Waals surface area (Å²) in [7, 11) is 0. The van der Waals surface area contributed by atoms with Gasteiger partial charge in [0.15, 0.2) is 17.5 Å². The number of carboxylic acid groups (broad SMARTS) is 1. The van der Waals surface area contributed by atoms with Gasteiger partial charge in [-0.2, -0.15) is 0 Å². The number of anilines is 1. The van der Waals surface area contributed by atoms with E-state index in [0.717, 1.165) is 4.90 Å². The standard InChI is InChI=1S/C19H11Cl3N2O5S/c20-10-1-3-11(4-2-10)24-18(28)12(17(27)23-19(24)30)5-9-6-13(21)16(14(22)7-9)29-8-15(25)26/h1-7H,8H2,(H,25,26)(H,23,27,30). The van der Waals surface area contributed by atoms with Crippen LogP contribution in [0.4, 0.5) is 5.69 Å². The second-order valence-electron chi connectivity index (χ2n) is 5.93. The number of amides is 2. The minimum Gasteiger partial charge on any atom is -0.479 e. The minimum absolute atomic E-state index is 0.0179. The highest BCUT2D eigenvalue weighted by molar-refractivity contribution is 7.80. The molecule has 11 heteroatoms. The molecule has 0 radical (unpaired) electrons. The summed E-state index contributed by atoms with van der Waals surface area (Å²) in [6, 6.07) is 9.12. The Balaban J connectivity index is 1.96.